The summed E-state index contributed by atoms with van der Waals surface area (Å²) in [5, 5.41) is 3.23. The summed E-state index contributed by atoms with van der Waals surface area (Å²) in [4.78, 5) is 9.07. The number of aromatic nitrogens is 2. The van der Waals surface area contributed by atoms with Crippen LogP contribution in [0.1, 0.15) is 24.9 Å². The van der Waals surface area contributed by atoms with Gasteiger partial charge in [-0.05, 0) is 19.3 Å². The van der Waals surface area contributed by atoms with E-state index < -0.39 is 0 Å². The van der Waals surface area contributed by atoms with Gasteiger partial charge >= 0.3 is 0 Å². The predicted octanol–water partition coefficient (Wildman–Crippen LogP) is 1.63. The molecule has 100 valence electrons. The lowest BCUT2D eigenvalue weighted by Gasteiger charge is -2.10. The van der Waals surface area contributed by atoms with E-state index in [1.165, 1.54) is 0 Å². The molecule has 1 fully saturated rings. The minimum absolute atomic E-state index is 0.523. The number of anilines is 1. The van der Waals surface area contributed by atoms with Gasteiger partial charge in [-0.1, -0.05) is 0 Å². The first-order chi connectivity index (χ1) is 8.81. The van der Waals surface area contributed by atoms with Crippen molar-refractivity contribution in [1.82, 2.24) is 9.97 Å². The number of ether oxygens (including phenoxy) is 2. The van der Waals surface area contributed by atoms with E-state index in [0.29, 0.717) is 12.5 Å². The molecule has 18 heavy (non-hydrogen) atoms. The van der Waals surface area contributed by atoms with Crippen molar-refractivity contribution in [3.05, 3.63) is 17.6 Å². The van der Waals surface area contributed by atoms with Crippen LogP contribution >= 0.6 is 0 Å². The zero-order valence-electron chi connectivity index (χ0n) is 11.1. The molecule has 1 aromatic heterocycles. The molecule has 1 aliphatic rings. The third kappa shape index (κ3) is 3.65. The second-order valence-electron chi connectivity index (χ2n) is 4.56. The van der Waals surface area contributed by atoms with Gasteiger partial charge in [-0.3, -0.25) is 0 Å². The Morgan fingerprint density at radius 3 is 3.06 bits per heavy atom. The summed E-state index contributed by atoms with van der Waals surface area (Å²) in [6.45, 7) is 5.13. The molecule has 0 amide bonds. The van der Waals surface area contributed by atoms with Crippen molar-refractivity contribution >= 4 is 5.82 Å². The molecule has 0 radical (unpaired) electrons. The molecule has 5 nitrogen and oxygen atoms in total. The maximum absolute atomic E-state index is 5.39. The van der Waals surface area contributed by atoms with E-state index in [1.54, 1.807) is 7.11 Å². The van der Waals surface area contributed by atoms with Crippen LogP contribution in [0.5, 0.6) is 0 Å². The quantitative estimate of drug-likeness (QED) is 0.833. The Balaban J connectivity index is 2.10. The van der Waals surface area contributed by atoms with Gasteiger partial charge in [-0.15, -0.1) is 0 Å². The second kappa shape index (κ2) is 6.66. The Morgan fingerprint density at radius 1 is 1.50 bits per heavy atom. The molecule has 5 heteroatoms. The molecule has 1 aromatic rings. The zero-order valence-corrected chi connectivity index (χ0v) is 11.1. The largest absolute Gasteiger partial charge is 0.381 e. The van der Waals surface area contributed by atoms with E-state index in [9.17, 15) is 0 Å². The molecule has 2 heterocycles. The molecule has 1 aliphatic heterocycles. The highest BCUT2D eigenvalue weighted by atomic mass is 16.5. The van der Waals surface area contributed by atoms with Crippen LogP contribution < -0.4 is 5.32 Å². The molecule has 0 spiro atoms. The molecule has 0 saturated carbocycles. The van der Waals surface area contributed by atoms with Crippen LogP contribution in [0.15, 0.2) is 6.07 Å². The van der Waals surface area contributed by atoms with Gasteiger partial charge in [-0.25, -0.2) is 9.97 Å². The predicted molar refractivity (Wildman–Crippen MR) is 69.5 cm³/mol. The smallest absolute Gasteiger partial charge is 0.131 e. The van der Waals surface area contributed by atoms with Gasteiger partial charge in [0.05, 0.1) is 12.3 Å². The Labute approximate surface area is 108 Å². The van der Waals surface area contributed by atoms with Crippen LogP contribution in [0.4, 0.5) is 5.82 Å². The highest BCUT2D eigenvalue weighted by molar-refractivity contribution is 5.35. The lowest BCUT2D eigenvalue weighted by molar-refractivity contribution is 0.180. The Kier molecular flexibility index (Phi) is 4.90. The minimum atomic E-state index is 0.523. The van der Waals surface area contributed by atoms with Gasteiger partial charge in [0, 0.05) is 39.4 Å². The number of methoxy groups -OCH3 is 1. The topological polar surface area (TPSA) is 56.3 Å². The van der Waals surface area contributed by atoms with E-state index in [4.69, 9.17) is 9.47 Å². The third-order valence-electron chi connectivity index (χ3n) is 2.97. The van der Waals surface area contributed by atoms with Gasteiger partial charge in [-0.2, -0.15) is 0 Å². The van der Waals surface area contributed by atoms with Crippen molar-refractivity contribution in [3.8, 4) is 0 Å². The Hall–Kier alpha value is -1.20. The van der Waals surface area contributed by atoms with Crippen LogP contribution in [0.2, 0.25) is 0 Å². The SMILES string of the molecule is CCNc1cc(COC)nc(CC2CCOC2)n1. The van der Waals surface area contributed by atoms with Gasteiger partial charge in [0.25, 0.3) is 0 Å². The van der Waals surface area contributed by atoms with E-state index in [0.717, 1.165) is 49.9 Å². The number of hydrogen-bond acceptors (Lipinski definition) is 5. The fraction of sp³-hybridized carbons (Fsp3) is 0.692. The molecule has 0 aromatic carbocycles. The van der Waals surface area contributed by atoms with Crippen molar-refractivity contribution in [1.29, 1.82) is 0 Å². The summed E-state index contributed by atoms with van der Waals surface area (Å²) in [7, 11) is 1.68. The Bertz CT molecular complexity index is 354. The first-order valence-electron chi connectivity index (χ1n) is 6.49. The second-order valence-corrected chi connectivity index (χ2v) is 4.56. The fourth-order valence-corrected chi connectivity index (χ4v) is 2.14. The molecule has 1 atom stereocenters. The highest BCUT2D eigenvalue weighted by Gasteiger charge is 2.18. The van der Waals surface area contributed by atoms with Gasteiger partial charge < -0.3 is 14.8 Å². The standard InChI is InChI=1S/C13H21N3O2/c1-3-14-12-7-11(9-17-2)15-13(16-12)6-10-4-5-18-8-10/h7,10H,3-6,8-9H2,1-2H3,(H,14,15,16). The van der Waals surface area contributed by atoms with Gasteiger partial charge in [0.2, 0.25) is 0 Å². The molecule has 1 unspecified atom stereocenters. The summed E-state index contributed by atoms with van der Waals surface area (Å²) in [5.74, 6) is 2.32. The maximum Gasteiger partial charge on any atom is 0.131 e. The van der Waals surface area contributed by atoms with Crippen LogP contribution in [0.3, 0.4) is 0 Å². The van der Waals surface area contributed by atoms with Gasteiger partial charge in [0.15, 0.2) is 0 Å². The van der Waals surface area contributed by atoms with Crippen molar-refractivity contribution in [3.63, 3.8) is 0 Å². The van der Waals surface area contributed by atoms with Crippen LogP contribution in [-0.4, -0.2) is 36.8 Å². The highest BCUT2D eigenvalue weighted by Crippen LogP contribution is 2.18. The van der Waals surface area contributed by atoms with Crippen molar-refractivity contribution in [2.24, 2.45) is 5.92 Å². The van der Waals surface area contributed by atoms with Gasteiger partial charge in [0.1, 0.15) is 11.6 Å². The number of nitrogens with one attached hydrogen (secondary N) is 1. The molecular weight excluding hydrogens is 230 g/mol. The van der Waals surface area contributed by atoms with Crippen LogP contribution in [0.25, 0.3) is 0 Å². The first-order valence-corrected chi connectivity index (χ1v) is 6.49. The number of rotatable bonds is 6. The van der Waals surface area contributed by atoms with Crippen molar-refractivity contribution in [2.45, 2.75) is 26.4 Å². The number of hydrogen-bond donors (Lipinski definition) is 1. The van der Waals surface area contributed by atoms with E-state index in [1.807, 2.05) is 6.07 Å². The van der Waals surface area contributed by atoms with Crippen LogP contribution in [-0.2, 0) is 22.5 Å². The third-order valence-corrected chi connectivity index (χ3v) is 2.97. The zero-order chi connectivity index (χ0) is 12.8. The van der Waals surface area contributed by atoms with E-state index in [-0.39, 0.29) is 0 Å². The minimum Gasteiger partial charge on any atom is -0.381 e. The molecule has 0 bridgehead atoms. The first kappa shape index (κ1) is 13.2. The maximum atomic E-state index is 5.39. The fourth-order valence-electron chi connectivity index (χ4n) is 2.14. The lowest BCUT2D eigenvalue weighted by atomic mass is 10.0. The van der Waals surface area contributed by atoms with Crippen molar-refractivity contribution in [2.75, 3.05) is 32.2 Å². The normalized spacial score (nSPS) is 19.1. The summed E-state index contributed by atoms with van der Waals surface area (Å²) in [6, 6.07) is 1.95. The summed E-state index contributed by atoms with van der Waals surface area (Å²) >= 11 is 0. The average molecular weight is 251 g/mol. The summed E-state index contributed by atoms with van der Waals surface area (Å²) < 4.78 is 10.5. The Morgan fingerprint density at radius 2 is 2.39 bits per heavy atom. The molecule has 1 saturated heterocycles. The molecule has 1 N–H and O–H groups in total. The van der Waals surface area contributed by atoms with Crippen LogP contribution in [0, 0.1) is 5.92 Å². The molecule has 0 aliphatic carbocycles. The lowest BCUT2D eigenvalue weighted by Crippen LogP contribution is -2.11. The molecule has 2 rings (SSSR count). The van der Waals surface area contributed by atoms with E-state index >= 15 is 0 Å². The average Bonchev–Trinajstić information content (AvgIpc) is 2.82. The van der Waals surface area contributed by atoms with Crippen molar-refractivity contribution < 1.29 is 9.47 Å². The number of nitrogens with zero attached hydrogens (tertiary/aromatic N) is 2. The monoisotopic (exact) mass is 251 g/mol. The van der Waals surface area contributed by atoms with E-state index in [2.05, 4.69) is 22.2 Å². The summed E-state index contributed by atoms with van der Waals surface area (Å²) in [5.41, 5.74) is 0.928. The molecular formula is C13H21N3O2. The summed E-state index contributed by atoms with van der Waals surface area (Å²) in [6.07, 6.45) is 1.99.